The zero-order chi connectivity index (χ0) is 21.6. The highest BCUT2D eigenvalue weighted by Gasteiger charge is 2.34. The quantitative estimate of drug-likeness (QED) is 0.574. The minimum Gasteiger partial charge on any atom is -0.349 e. The molecule has 1 fully saturated rings. The largest absolute Gasteiger partial charge is 0.349 e. The molecule has 2 aromatic carbocycles. The van der Waals surface area contributed by atoms with Crippen molar-refractivity contribution in [2.75, 3.05) is 13.1 Å². The fraction of sp³-hybridized carbons (Fsp3) is 0.125. The Labute approximate surface area is 184 Å². The van der Waals surface area contributed by atoms with Gasteiger partial charge in [0.1, 0.15) is 5.69 Å². The topological polar surface area (TPSA) is 71.4 Å². The maximum absolute atomic E-state index is 12.6. The number of amides is 3. The Morgan fingerprint density at radius 2 is 1.65 bits per heavy atom. The van der Waals surface area contributed by atoms with E-state index in [1.54, 1.807) is 12.1 Å². The van der Waals surface area contributed by atoms with E-state index in [0.29, 0.717) is 17.1 Å². The Hall–Kier alpha value is -3.58. The summed E-state index contributed by atoms with van der Waals surface area (Å²) in [6.45, 7) is 0.901. The third-order valence-corrected chi connectivity index (χ3v) is 5.76. The van der Waals surface area contributed by atoms with Crippen molar-refractivity contribution in [3.63, 3.8) is 0 Å². The van der Waals surface area contributed by atoms with E-state index >= 15 is 0 Å². The number of nitrogens with zero attached hydrogens (tertiary/aromatic N) is 2. The number of imide groups is 1. The zero-order valence-electron chi connectivity index (χ0n) is 16.7. The van der Waals surface area contributed by atoms with Crippen molar-refractivity contribution in [2.24, 2.45) is 0 Å². The number of hydrogen-bond acceptors (Lipinski definition) is 4. The van der Waals surface area contributed by atoms with Crippen LogP contribution in [0.2, 0.25) is 0 Å². The highest BCUT2D eigenvalue weighted by Crippen LogP contribution is 2.31. The van der Waals surface area contributed by atoms with Gasteiger partial charge in [0.25, 0.3) is 17.1 Å². The second-order valence-corrected chi connectivity index (χ2v) is 8.00. The molecule has 0 spiro atoms. The summed E-state index contributed by atoms with van der Waals surface area (Å²) in [4.78, 5) is 39.0. The first kappa shape index (κ1) is 20.7. The van der Waals surface area contributed by atoms with Crippen molar-refractivity contribution in [3.05, 3.63) is 101 Å². The van der Waals surface area contributed by atoms with Crippen LogP contribution in [0, 0.1) is 0 Å². The maximum atomic E-state index is 12.6. The highest BCUT2D eigenvalue weighted by atomic mass is 32.2. The third-order valence-electron chi connectivity index (χ3n) is 4.85. The molecule has 3 amide bonds. The van der Waals surface area contributed by atoms with E-state index in [4.69, 9.17) is 0 Å². The smallest absolute Gasteiger partial charge is 0.293 e. The maximum Gasteiger partial charge on any atom is 0.293 e. The molecule has 0 aliphatic carbocycles. The molecule has 1 aromatic heterocycles. The summed E-state index contributed by atoms with van der Waals surface area (Å²) in [6, 6.07) is 22.8. The normalized spacial score (nSPS) is 15.0. The van der Waals surface area contributed by atoms with Gasteiger partial charge in [-0.2, -0.15) is 0 Å². The SMILES string of the molecule is O=C(NCCN1C(=O)S/C(=C/c2ccccc2)C1=O)c1cccn1Cc1ccccc1. The Balaban J connectivity index is 1.34. The summed E-state index contributed by atoms with van der Waals surface area (Å²) in [7, 11) is 0. The average Bonchev–Trinajstić information content (AvgIpc) is 3.35. The van der Waals surface area contributed by atoms with Crippen LogP contribution in [-0.2, 0) is 11.3 Å². The minimum atomic E-state index is -0.333. The first-order valence-corrected chi connectivity index (χ1v) is 10.7. The molecule has 1 saturated heterocycles. The van der Waals surface area contributed by atoms with Gasteiger partial charge in [0.15, 0.2) is 0 Å². The number of benzene rings is 2. The van der Waals surface area contributed by atoms with Crippen molar-refractivity contribution in [3.8, 4) is 0 Å². The van der Waals surface area contributed by atoms with E-state index in [0.717, 1.165) is 22.9 Å². The number of nitrogens with one attached hydrogen (secondary N) is 1. The molecule has 2 heterocycles. The third kappa shape index (κ3) is 4.95. The Bertz CT molecular complexity index is 1120. The summed E-state index contributed by atoms with van der Waals surface area (Å²) in [5.41, 5.74) is 2.48. The van der Waals surface area contributed by atoms with E-state index in [1.165, 1.54) is 4.90 Å². The van der Waals surface area contributed by atoms with Crippen LogP contribution in [0.1, 0.15) is 21.6 Å². The molecule has 31 heavy (non-hydrogen) atoms. The van der Waals surface area contributed by atoms with Gasteiger partial charge in [-0.15, -0.1) is 0 Å². The molecule has 6 nitrogen and oxygen atoms in total. The van der Waals surface area contributed by atoms with Gasteiger partial charge in [0.2, 0.25) is 0 Å². The van der Waals surface area contributed by atoms with E-state index in [1.807, 2.05) is 77.5 Å². The summed E-state index contributed by atoms with van der Waals surface area (Å²) < 4.78 is 1.87. The van der Waals surface area contributed by atoms with Gasteiger partial charge in [-0.3, -0.25) is 19.3 Å². The molecule has 0 unspecified atom stereocenters. The number of carbonyl (C=O) groups excluding carboxylic acids is 3. The first-order chi connectivity index (χ1) is 15.1. The lowest BCUT2D eigenvalue weighted by atomic mass is 10.2. The van der Waals surface area contributed by atoms with Gasteiger partial charge in [-0.05, 0) is 41.1 Å². The molecule has 0 saturated carbocycles. The average molecular weight is 432 g/mol. The van der Waals surface area contributed by atoms with Crippen LogP contribution in [0.3, 0.4) is 0 Å². The number of thioether (sulfide) groups is 1. The second-order valence-electron chi connectivity index (χ2n) is 7.01. The number of hydrogen-bond donors (Lipinski definition) is 1. The van der Waals surface area contributed by atoms with Crippen molar-refractivity contribution in [1.82, 2.24) is 14.8 Å². The summed E-state index contributed by atoms with van der Waals surface area (Å²) in [5.74, 6) is -0.576. The van der Waals surface area contributed by atoms with E-state index in [-0.39, 0.29) is 30.1 Å². The molecule has 0 atom stereocenters. The molecule has 1 aliphatic heterocycles. The standard InChI is InChI=1S/C24H21N3O3S/c28-22(20-12-7-14-26(20)17-19-10-5-2-6-11-19)25-13-15-27-23(29)21(31-24(27)30)16-18-8-3-1-4-9-18/h1-12,14,16H,13,15,17H2,(H,25,28)/b21-16+. The minimum absolute atomic E-state index is 0.127. The van der Waals surface area contributed by atoms with Gasteiger partial charge in [0.05, 0.1) is 4.91 Å². The van der Waals surface area contributed by atoms with Crippen LogP contribution >= 0.6 is 11.8 Å². The lowest BCUT2D eigenvalue weighted by Gasteiger charge is -2.14. The van der Waals surface area contributed by atoms with Crippen LogP contribution in [0.15, 0.2) is 83.9 Å². The molecule has 1 aliphatic rings. The predicted octanol–water partition coefficient (Wildman–Crippen LogP) is 4.00. The summed E-state index contributed by atoms with van der Waals surface area (Å²) in [6.07, 6.45) is 3.56. The van der Waals surface area contributed by atoms with Crippen molar-refractivity contribution in [2.45, 2.75) is 6.54 Å². The van der Waals surface area contributed by atoms with Crippen molar-refractivity contribution < 1.29 is 14.4 Å². The fourth-order valence-electron chi connectivity index (χ4n) is 3.30. The Morgan fingerprint density at radius 3 is 2.39 bits per heavy atom. The van der Waals surface area contributed by atoms with Crippen LogP contribution < -0.4 is 5.32 Å². The molecular formula is C24H21N3O3S. The van der Waals surface area contributed by atoms with E-state index in [2.05, 4.69) is 5.32 Å². The van der Waals surface area contributed by atoms with Crippen LogP contribution in [0.5, 0.6) is 0 Å². The Kier molecular flexibility index (Phi) is 6.33. The lowest BCUT2D eigenvalue weighted by Crippen LogP contribution is -2.37. The molecule has 0 radical (unpaired) electrons. The van der Waals surface area contributed by atoms with Crippen molar-refractivity contribution >= 4 is 34.9 Å². The zero-order valence-corrected chi connectivity index (χ0v) is 17.5. The van der Waals surface area contributed by atoms with Crippen LogP contribution in [-0.4, -0.2) is 39.6 Å². The van der Waals surface area contributed by atoms with Gasteiger partial charge in [-0.1, -0.05) is 60.7 Å². The number of carbonyl (C=O) groups is 3. The Morgan fingerprint density at radius 1 is 0.935 bits per heavy atom. The molecule has 0 bridgehead atoms. The summed E-state index contributed by atoms with van der Waals surface area (Å²) in [5, 5.41) is 2.48. The fourth-order valence-corrected chi connectivity index (χ4v) is 4.17. The van der Waals surface area contributed by atoms with Gasteiger partial charge >= 0.3 is 0 Å². The van der Waals surface area contributed by atoms with E-state index in [9.17, 15) is 14.4 Å². The molecular weight excluding hydrogens is 410 g/mol. The lowest BCUT2D eigenvalue weighted by molar-refractivity contribution is -0.122. The molecule has 156 valence electrons. The molecule has 4 rings (SSSR count). The van der Waals surface area contributed by atoms with Gasteiger partial charge in [0, 0.05) is 25.8 Å². The van der Waals surface area contributed by atoms with E-state index < -0.39 is 0 Å². The first-order valence-electron chi connectivity index (χ1n) is 9.89. The highest BCUT2D eigenvalue weighted by molar-refractivity contribution is 8.18. The van der Waals surface area contributed by atoms with Crippen molar-refractivity contribution in [1.29, 1.82) is 0 Å². The second kappa shape index (κ2) is 9.49. The monoisotopic (exact) mass is 431 g/mol. The van der Waals surface area contributed by atoms with Crippen LogP contribution in [0.25, 0.3) is 6.08 Å². The van der Waals surface area contributed by atoms with Gasteiger partial charge < -0.3 is 9.88 Å². The summed E-state index contributed by atoms with van der Waals surface area (Å²) >= 11 is 0.919. The van der Waals surface area contributed by atoms with Gasteiger partial charge in [-0.25, -0.2) is 0 Å². The number of aromatic nitrogens is 1. The van der Waals surface area contributed by atoms with Crippen LogP contribution in [0.4, 0.5) is 4.79 Å². The molecule has 3 aromatic rings. The number of rotatable bonds is 7. The molecule has 1 N–H and O–H groups in total. The predicted molar refractivity (Wildman–Crippen MR) is 121 cm³/mol. The molecule has 7 heteroatoms.